The minimum atomic E-state index is -1.24. The van der Waals surface area contributed by atoms with Gasteiger partial charge in [-0.3, -0.25) is 0 Å². The molecule has 0 aliphatic carbocycles. The van der Waals surface area contributed by atoms with Gasteiger partial charge in [0.1, 0.15) is 0 Å². The third-order valence-corrected chi connectivity index (χ3v) is 1.66. The molecule has 0 radical (unpaired) electrons. The van der Waals surface area contributed by atoms with Gasteiger partial charge in [-0.15, -0.1) is 10.2 Å². The molecule has 0 spiro atoms. The minimum Gasteiger partial charge on any atom is -0.464 e. The Bertz CT molecular complexity index is 437. The third kappa shape index (κ3) is 1.90. The lowest BCUT2D eigenvalue weighted by molar-refractivity contribution is 0.204. The van der Waals surface area contributed by atoms with Crippen LogP contribution in [0.2, 0.25) is 0 Å². The number of carbonyl (C=O) groups is 1. The summed E-state index contributed by atoms with van der Waals surface area (Å²) in [4.78, 5) is 19.5. The number of nitrogens with zero attached hydrogens (tertiary/aromatic N) is 6. The summed E-state index contributed by atoms with van der Waals surface area (Å²) in [7, 11) is 0. The van der Waals surface area contributed by atoms with Crippen molar-refractivity contribution in [3.63, 3.8) is 0 Å². The highest BCUT2D eigenvalue weighted by molar-refractivity contribution is 5.91. The molecule has 0 aromatic carbocycles. The van der Waals surface area contributed by atoms with Crippen LogP contribution >= 0.6 is 0 Å². The van der Waals surface area contributed by atoms with E-state index in [0.29, 0.717) is 0 Å². The van der Waals surface area contributed by atoms with E-state index in [9.17, 15) is 4.79 Å². The van der Waals surface area contributed by atoms with E-state index in [2.05, 4.69) is 25.4 Å². The van der Waals surface area contributed by atoms with Crippen LogP contribution in [0, 0.1) is 0 Å². The van der Waals surface area contributed by atoms with Crippen LogP contribution in [0.1, 0.15) is 0 Å². The zero-order valence-corrected chi connectivity index (χ0v) is 7.93. The van der Waals surface area contributed by atoms with Crippen molar-refractivity contribution in [1.82, 2.24) is 25.4 Å². The molecular weight excluding hydrogens is 212 g/mol. The Morgan fingerprint density at radius 3 is 2.56 bits per heavy atom. The fraction of sp³-hybridized carbons (Fsp3) is 0. The van der Waals surface area contributed by atoms with Crippen molar-refractivity contribution in [3.05, 3.63) is 30.7 Å². The Morgan fingerprint density at radius 1 is 1.25 bits per heavy atom. The van der Waals surface area contributed by atoms with E-state index < -0.39 is 6.09 Å². The molecular formula is C8H6N6O2. The van der Waals surface area contributed by atoms with E-state index in [-0.39, 0.29) is 11.8 Å². The van der Waals surface area contributed by atoms with Gasteiger partial charge in [0.25, 0.3) is 0 Å². The predicted molar refractivity (Wildman–Crippen MR) is 52.0 cm³/mol. The Labute approximate surface area is 89.6 Å². The summed E-state index contributed by atoms with van der Waals surface area (Å²) < 4.78 is 0. The molecule has 0 aliphatic heterocycles. The molecule has 8 nitrogen and oxygen atoms in total. The van der Waals surface area contributed by atoms with Gasteiger partial charge in [-0.05, 0) is 11.3 Å². The second-order valence-corrected chi connectivity index (χ2v) is 2.65. The van der Waals surface area contributed by atoms with Gasteiger partial charge in [-0.25, -0.2) is 14.8 Å². The van der Waals surface area contributed by atoms with E-state index in [4.69, 9.17) is 5.11 Å². The molecule has 0 fully saturated rings. The lowest BCUT2D eigenvalue weighted by Gasteiger charge is -2.13. The number of anilines is 2. The number of carboxylic acid groups (broad SMARTS) is 1. The highest BCUT2D eigenvalue weighted by Gasteiger charge is 2.20. The van der Waals surface area contributed by atoms with E-state index in [1.807, 2.05) is 0 Å². The fourth-order valence-corrected chi connectivity index (χ4v) is 1.05. The summed E-state index contributed by atoms with van der Waals surface area (Å²) in [5.41, 5.74) is 0. The summed E-state index contributed by atoms with van der Waals surface area (Å²) in [6, 6.07) is 2.99. The van der Waals surface area contributed by atoms with Gasteiger partial charge >= 0.3 is 6.09 Å². The van der Waals surface area contributed by atoms with Crippen LogP contribution in [-0.4, -0.2) is 36.6 Å². The molecule has 0 aliphatic rings. The molecule has 80 valence electrons. The standard InChI is InChI=1S/C8H6N6O2/c15-8(16)14(6-2-5-11-13-12-6)7-9-3-1-4-10-7/h1-5H,(H,15,16). The number of aromatic nitrogens is 5. The van der Waals surface area contributed by atoms with Crippen molar-refractivity contribution in [2.45, 2.75) is 0 Å². The maximum atomic E-state index is 11.1. The average Bonchev–Trinajstić information content (AvgIpc) is 2.31. The molecule has 0 atom stereocenters. The molecule has 0 bridgehead atoms. The molecule has 0 saturated heterocycles. The minimum absolute atomic E-state index is 0.00972. The number of hydrogen-bond donors (Lipinski definition) is 1. The van der Waals surface area contributed by atoms with Crippen LogP contribution in [-0.2, 0) is 0 Å². The fourth-order valence-electron chi connectivity index (χ4n) is 1.05. The first-order valence-corrected chi connectivity index (χ1v) is 4.23. The Kier molecular flexibility index (Phi) is 2.63. The van der Waals surface area contributed by atoms with Crippen molar-refractivity contribution in [2.24, 2.45) is 0 Å². The van der Waals surface area contributed by atoms with Crippen molar-refractivity contribution in [2.75, 3.05) is 4.90 Å². The lowest BCUT2D eigenvalue weighted by atomic mass is 10.5. The normalized spacial score (nSPS) is 9.75. The van der Waals surface area contributed by atoms with Gasteiger partial charge < -0.3 is 5.11 Å². The number of hydrogen-bond acceptors (Lipinski definition) is 6. The second kappa shape index (κ2) is 4.26. The van der Waals surface area contributed by atoms with E-state index in [1.54, 1.807) is 6.07 Å². The van der Waals surface area contributed by atoms with Gasteiger partial charge in [0.05, 0.1) is 6.20 Å². The van der Waals surface area contributed by atoms with Crippen LogP contribution < -0.4 is 4.90 Å². The largest absolute Gasteiger partial charge is 0.464 e. The van der Waals surface area contributed by atoms with Gasteiger partial charge in [0.15, 0.2) is 5.82 Å². The predicted octanol–water partition coefficient (Wildman–Crippen LogP) is 0.478. The van der Waals surface area contributed by atoms with Crippen LogP contribution in [0.4, 0.5) is 16.6 Å². The van der Waals surface area contributed by atoms with Crippen molar-refractivity contribution < 1.29 is 9.90 Å². The molecule has 2 aromatic heterocycles. The van der Waals surface area contributed by atoms with Crippen LogP contribution in [0.3, 0.4) is 0 Å². The molecule has 2 aromatic rings. The first-order valence-electron chi connectivity index (χ1n) is 4.23. The molecule has 2 heterocycles. The average molecular weight is 218 g/mol. The SMILES string of the molecule is O=C(O)N(c1ccnnn1)c1ncccn1. The molecule has 16 heavy (non-hydrogen) atoms. The highest BCUT2D eigenvalue weighted by atomic mass is 16.4. The van der Waals surface area contributed by atoms with Crippen molar-refractivity contribution in [1.29, 1.82) is 0 Å². The summed E-state index contributed by atoms with van der Waals surface area (Å²) in [5, 5.41) is 19.4. The summed E-state index contributed by atoms with van der Waals surface area (Å²) >= 11 is 0. The Morgan fingerprint density at radius 2 is 2.00 bits per heavy atom. The smallest absolute Gasteiger partial charge is 0.420 e. The van der Waals surface area contributed by atoms with E-state index in [1.165, 1.54) is 24.7 Å². The van der Waals surface area contributed by atoms with Crippen LogP contribution in [0.25, 0.3) is 0 Å². The molecule has 8 heteroatoms. The van der Waals surface area contributed by atoms with Crippen LogP contribution in [0.15, 0.2) is 30.7 Å². The topological polar surface area (TPSA) is 105 Å². The number of rotatable bonds is 2. The monoisotopic (exact) mass is 218 g/mol. The molecule has 2 rings (SSSR count). The Balaban J connectivity index is 2.44. The van der Waals surface area contributed by atoms with Crippen LogP contribution in [0.5, 0.6) is 0 Å². The first-order chi connectivity index (χ1) is 7.79. The first kappa shape index (κ1) is 9.90. The van der Waals surface area contributed by atoms with Gasteiger partial charge in [0.2, 0.25) is 5.95 Å². The summed E-state index contributed by atoms with van der Waals surface area (Å²) in [6.07, 6.45) is 2.97. The summed E-state index contributed by atoms with van der Waals surface area (Å²) in [5.74, 6) is 0.101. The van der Waals surface area contributed by atoms with E-state index >= 15 is 0 Å². The van der Waals surface area contributed by atoms with Crippen molar-refractivity contribution in [3.8, 4) is 0 Å². The number of amides is 1. The van der Waals surface area contributed by atoms with E-state index in [0.717, 1.165) is 4.90 Å². The summed E-state index contributed by atoms with van der Waals surface area (Å²) in [6.45, 7) is 0. The third-order valence-electron chi connectivity index (χ3n) is 1.66. The quantitative estimate of drug-likeness (QED) is 0.781. The zero-order chi connectivity index (χ0) is 11.4. The van der Waals surface area contributed by atoms with Gasteiger partial charge in [0, 0.05) is 18.5 Å². The van der Waals surface area contributed by atoms with Crippen molar-refractivity contribution >= 4 is 17.9 Å². The lowest BCUT2D eigenvalue weighted by Crippen LogP contribution is -2.26. The van der Waals surface area contributed by atoms with Gasteiger partial charge in [-0.2, -0.15) is 4.90 Å². The molecule has 0 saturated carbocycles. The van der Waals surface area contributed by atoms with Gasteiger partial charge in [-0.1, -0.05) is 0 Å². The maximum absolute atomic E-state index is 11.1. The zero-order valence-electron chi connectivity index (χ0n) is 7.93. The maximum Gasteiger partial charge on any atom is 0.420 e. The molecule has 1 amide bonds. The molecule has 0 unspecified atom stereocenters. The second-order valence-electron chi connectivity index (χ2n) is 2.65. The Hall–Kier alpha value is -2.64. The highest BCUT2D eigenvalue weighted by Crippen LogP contribution is 2.17. The molecule has 1 N–H and O–H groups in total.